The molecule has 0 spiro atoms. The molecule has 1 aliphatic rings. The number of rotatable bonds is 6. The van der Waals surface area contributed by atoms with Gasteiger partial charge in [0.25, 0.3) is 0 Å². The van der Waals surface area contributed by atoms with Crippen LogP contribution in [0.3, 0.4) is 0 Å². The molecule has 0 radical (unpaired) electrons. The lowest BCUT2D eigenvalue weighted by molar-refractivity contribution is 0.128. The first-order valence-corrected chi connectivity index (χ1v) is 8.07. The molecule has 2 atom stereocenters. The summed E-state index contributed by atoms with van der Waals surface area (Å²) in [7, 11) is 0. The van der Waals surface area contributed by atoms with E-state index in [1.807, 2.05) is 19.1 Å². The summed E-state index contributed by atoms with van der Waals surface area (Å²) in [6, 6.07) is 6.20. The van der Waals surface area contributed by atoms with Gasteiger partial charge in [-0.3, -0.25) is 4.90 Å². The van der Waals surface area contributed by atoms with Gasteiger partial charge in [-0.2, -0.15) is 0 Å². The number of phenols is 1. The molecule has 2 rings (SSSR count). The summed E-state index contributed by atoms with van der Waals surface area (Å²) in [5.41, 5.74) is 1.24. The number of hydrogen-bond donors (Lipinski definition) is 2. The Morgan fingerprint density at radius 3 is 2.43 bits per heavy atom. The number of benzene rings is 1. The molecule has 1 aliphatic heterocycles. The maximum absolute atomic E-state index is 9.91. The van der Waals surface area contributed by atoms with Gasteiger partial charge in [-0.15, -0.1) is 24.8 Å². The van der Waals surface area contributed by atoms with Gasteiger partial charge in [0.15, 0.2) is 11.5 Å². The molecule has 1 aromatic carbocycles. The van der Waals surface area contributed by atoms with Gasteiger partial charge in [-0.25, -0.2) is 0 Å². The molecule has 0 bridgehead atoms. The second-order valence-electron chi connectivity index (χ2n) is 5.78. The normalized spacial score (nSPS) is 17.5. The van der Waals surface area contributed by atoms with Crippen molar-refractivity contribution >= 4 is 24.8 Å². The second-order valence-corrected chi connectivity index (χ2v) is 5.78. The fourth-order valence-electron chi connectivity index (χ4n) is 3.07. The van der Waals surface area contributed by atoms with Crippen molar-refractivity contribution in [3.05, 3.63) is 23.8 Å². The molecular formula is C17H30Cl2N2O2. The number of nitrogens with zero attached hydrogens (tertiary/aromatic N) is 1. The lowest BCUT2D eigenvalue weighted by Crippen LogP contribution is -2.46. The van der Waals surface area contributed by atoms with Crippen molar-refractivity contribution in [2.75, 3.05) is 32.8 Å². The Morgan fingerprint density at radius 1 is 1.22 bits per heavy atom. The molecule has 0 saturated carbocycles. The number of phenolic OH excluding ortho intramolecular Hbond substituents is 1. The third-order valence-electron chi connectivity index (χ3n) is 4.35. The summed E-state index contributed by atoms with van der Waals surface area (Å²) >= 11 is 0. The van der Waals surface area contributed by atoms with Crippen LogP contribution >= 0.6 is 24.8 Å². The smallest absolute Gasteiger partial charge is 0.161 e. The average Bonchev–Trinajstić information content (AvgIpc) is 2.51. The zero-order chi connectivity index (χ0) is 15.2. The van der Waals surface area contributed by atoms with Crippen LogP contribution in [0.1, 0.15) is 38.8 Å². The van der Waals surface area contributed by atoms with Crippen LogP contribution in [-0.4, -0.2) is 42.8 Å². The molecule has 134 valence electrons. The van der Waals surface area contributed by atoms with Crippen LogP contribution in [0, 0.1) is 5.92 Å². The Bertz CT molecular complexity index is 454. The van der Waals surface area contributed by atoms with Crippen molar-refractivity contribution in [2.24, 2.45) is 5.92 Å². The summed E-state index contributed by atoms with van der Waals surface area (Å²) in [4.78, 5) is 2.55. The third kappa shape index (κ3) is 5.71. The van der Waals surface area contributed by atoms with Gasteiger partial charge in [0, 0.05) is 32.2 Å². The largest absolute Gasteiger partial charge is 0.504 e. The maximum Gasteiger partial charge on any atom is 0.161 e. The van der Waals surface area contributed by atoms with E-state index in [1.54, 1.807) is 6.07 Å². The Labute approximate surface area is 152 Å². The Morgan fingerprint density at radius 2 is 1.87 bits per heavy atom. The summed E-state index contributed by atoms with van der Waals surface area (Å²) in [6.45, 7) is 11.3. The number of hydrogen-bond acceptors (Lipinski definition) is 4. The minimum Gasteiger partial charge on any atom is -0.504 e. The Balaban J connectivity index is 0.00000242. The van der Waals surface area contributed by atoms with Gasteiger partial charge >= 0.3 is 0 Å². The van der Waals surface area contributed by atoms with Gasteiger partial charge in [-0.1, -0.05) is 26.3 Å². The highest BCUT2D eigenvalue weighted by atomic mass is 35.5. The highest BCUT2D eigenvalue weighted by Gasteiger charge is 2.27. The SMILES string of the molecule is CCOc1cc([C@@H](C(C)CC)N2CCNCC2)ccc1O.Cl.Cl. The number of halogens is 2. The first-order valence-electron chi connectivity index (χ1n) is 8.07. The summed E-state index contributed by atoms with van der Waals surface area (Å²) in [5, 5.41) is 13.3. The average molecular weight is 365 g/mol. The van der Waals surface area contributed by atoms with Crippen LogP contribution in [0.15, 0.2) is 18.2 Å². The van der Waals surface area contributed by atoms with Crippen molar-refractivity contribution in [1.29, 1.82) is 0 Å². The van der Waals surface area contributed by atoms with E-state index >= 15 is 0 Å². The van der Waals surface area contributed by atoms with Crippen molar-refractivity contribution in [3.63, 3.8) is 0 Å². The third-order valence-corrected chi connectivity index (χ3v) is 4.35. The fourth-order valence-corrected chi connectivity index (χ4v) is 3.07. The molecule has 1 saturated heterocycles. The molecule has 6 heteroatoms. The summed E-state index contributed by atoms with van der Waals surface area (Å²) in [6.07, 6.45) is 1.14. The molecule has 1 aromatic rings. The van der Waals surface area contributed by atoms with Crippen molar-refractivity contribution < 1.29 is 9.84 Å². The second kappa shape index (κ2) is 11.0. The molecule has 0 amide bonds. The molecule has 2 N–H and O–H groups in total. The molecule has 0 aliphatic carbocycles. The molecule has 23 heavy (non-hydrogen) atoms. The first-order chi connectivity index (χ1) is 10.2. The summed E-state index contributed by atoms with van der Waals surface area (Å²) in [5.74, 6) is 1.39. The molecule has 4 nitrogen and oxygen atoms in total. The number of aromatic hydroxyl groups is 1. The standard InChI is InChI=1S/C17H28N2O2.2ClH/c1-4-13(3)17(19-10-8-18-9-11-19)14-6-7-15(20)16(12-14)21-5-2;;/h6-7,12-13,17-18,20H,4-5,8-11H2,1-3H3;2*1H/t13?,17-;;/m1../s1. The van der Waals surface area contributed by atoms with Gasteiger partial charge in [-0.05, 0) is 30.5 Å². The van der Waals surface area contributed by atoms with E-state index in [0.717, 1.165) is 32.6 Å². The van der Waals surface area contributed by atoms with E-state index in [0.29, 0.717) is 24.3 Å². The van der Waals surface area contributed by atoms with Crippen LogP contribution in [0.25, 0.3) is 0 Å². The quantitative estimate of drug-likeness (QED) is 0.808. The number of nitrogens with one attached hydrogen (secondary N) is 1. The molecule has 1 fully saturated rings. The lowest BCUT2D eigenvalue weighted by Gasteiger charge is -2.38. The molecule has 1 heterocycles. The van der Waals surface area contributed by atoms with Gasteiger partial charge < -0.3 is 15.2 Å². The number of ether oxygens (including phenoxy) is 1. The van der Waals surface area contributed by atoms with Crippen LogP contribution < -0.4 is 10.1 Å². The van der Waals surface area contributed by atoms with E-state index in [2.05, 4.69) is 24.1 Å². The van der Waals surface area contributed by atoms with Crippen molar-refractivity contribution in [2.45, 2.75) is 33.2 Å². The van der Waals surface area contributed by atoms with E-state index in [4.69, 9.17) is 4.74 Å². The van der Waals surface area contributed by atoms with E-state index in [-0.39, 0.29) is 30.6 Å². The zero-order valence-corrected chi connectivity index (χ0v) is 15.9. The van der Waals surface area contributed by atoms with Crippen molar-refractivity contribution in [3.8, 4) is 11.5 Å². The van der Waals surface area contributed by atoms with Gasteiger partial charge in [0.1, 0.15) is 0 Å². The Hall–Kier alpha value is -0.680. The van der Waals surface area contributed by atoms with Crippen molar-refractivity contribution in [1.82, 2.24) is 10.2 Å². The van der Waals surface area contributed by atoms with Gasteiger partial charge in [0.05, 0.1) is 6.61 Å². The van der Waals surface area contributed by atoms with E-state index in [9.17, 15) is 5.11 Å². The predicted molar refractivity (Wildman–Crippen MR) is 100 cm³/mol. The summed E-state index contributed by atoms with van der Waals surface area (Å²) < 4.78 is 5.55. The van der Waals surface area contributed by atoms with E-state index < -0.39 is 0 Å². The van der Waals surface area contributed by atoms with Crippen LogP contribution in [0.5, 0.6) is 11.5 Å². The monoisotopic (exact) mass is 364 g/mol. The molecule has 1 unspecified atom stereocenters. The minimum absolute atomic E-state index is 0. The van der Waals surface area contributed by atoms with Gasteiger partial charge in [0.2, 0.25) is 0 Å². The van der Waals surface area contributed by atoms with E-state index in [1.165, 1.54) is 5.56 Å². The topological polar surface area (TPSA) is 44.7 Å². The lowest BCUT2D eigenvalue weighted by atomic mass is 9.90. The minimum atomic E-state index is 0. The maximum atomic E-state index is 9.91. The Kier molecular flexibility index (Phi) is 10.7. The predicted octanol–water partition coefficient (Wildman–Crippen LogP) is 3.63. The zero-order valence-electron chi connectivity index (χ0n) is 14.2. The molecule has 0 aromatic heterocycles. The van der Waals surface area contributed by atoms with Crippen LogP contribution in [-0.2, 0) is 0 Å². The van der Waals surface area contributed by atoms with Crippen LogP contribution in [0.4, 0.5) is 0 Å². The highest BCUT2D eigenvalue weighted by molar-refractivity contribution is 5.85. The molecular weight excluding hydrogens is 335 g/mol. The van der Waals surface area contributed by atoms with Crippen LogP contribution in [0.2, 0.25) is 0 Å². The number of piperazine rings is 1. The first kappa shape index (κ1) is 22.3. The fraction of sp³-hybridized carbons (Fsp3) is 0.647. The highest BCUT2D eigenvalue weighted by Crippen LogP contribution is 2.36.